The lowest BCUT2D eigenvalue weighted by Crippen LogP contribution is -2.44. The molecule has 0 amide bonds. The van der Waals surface area contributed by atoms with Gasteiger partial charge in [-0.05, 0) is 71.6 Å². The van der Waals surface area contributed by atoms with Crippen LogP contribution in [0.4, 0.5) is 0 Å². The number of hydrogen-bond acceptors (Lipinski definition) is 2. The van der Waals surface area contributed by atoms with Gasteiger partial charge in [0.1, 0.15) is 0 Å². The molecule has 0 atom stereocenters. The van der Waals surface area contributed by atoms with E-state index in [0.717, 1.165) is 31.5 Å². The van der Waals surface area contributed by atoms with Gasteiger partial charge < -0.3 is 0 Å². The summed E-state index contributed by atoms with van der Waals surface area (Å²) in [4.78, 5) is 0. The molecular weight excluding hydrogens is 364 g/mol. The van der Waals surface area contributed by atoms with Crippen molar-refractivity contribution in [2.45, 2.75) is 68.2 Å². The van der Waals surface area contributed by atoms with Crippen molar-refractivity contribution in [2.24, 2.45) is 0 Å². The van der Waals surface area contributed by atoms with Crippen molar-refractivity contribution in [3.05, 3.63) is 95.5 Å². The first-order valence-corrected chi connectivity index (χ1v) is 11.1. The van der Waals surface area contributed by atoms with E-state index >= 15 is 0 Å². The van der Waals surface area contributed by atoms with Crippen molar-refractivity contribution in [1.82, 2.24) is 10.0 Å². The van der Waals surface area contributed by atoms with Gasteiger partial charge in [-0.3, -0.25) is 10.0 Å². The highest BCUT2D eigenvalue weighted by Gasteiger charge is 2.22. The van der Waals surface area contributed by atoms with E-state index < -0.39 is 0 Å². The summed E-state index contributed by atoms with van der Waals surface area (Å²) in [7, 11) is 0. The fourth-order valence-electron chi connectivity index (χ4n) is 3.35. The molecule has 0 rings (SSSR count). The number of nitrogens with zero attached hydrogens (tertiary/aromatic N) is 2. The van der Waals surface area contributed by atoms with Crippen molar-refractivity contribution in [3.8, 4) is 0 Å². The predicted molar refractivity (Wildman–Crippen MR) is 137 cm³/mol. The van der Waals surface area contributed by atoms with Crippen molar-refractivity contribution in [3.63, 3.8) is 0 Å². The Morgan fingerprint density at radius 3 is 1.80 bits per heavy atom. The molecular formula is C28H44N2. The Balaban J connectivity index is 6.71. The van der Waals surface area contributed by atoms with Gasteiger partial charge in [0.15, 0.2) is 0 Å². The molecule has 0 saturated heterocycles. The summed E-state index contributed by atoms with van der Waals surface area (Å²) in [5, 5.41) is 4.83. The minimum absolute atomic E-state index is 0.729. The van der Waals surface area contributed by atoms with E-state index in [2.05, 4.69) is 109 Å². The molecule has 0 unspecified atom stereocenters. The van der Waals surface area contributed by atoms with Crippen LogP contribution in [0.15, 0.2) is 95.5 Å². The monoisotopic (exact) mass is 408 g/mol. The molecule has 0 aromatic heterocycles. The zero-order chi connectivity index (χ0) is 23.1. The van der Waals surface area contributed by atoms with Crippen LogP contribution in [0.5, 0.6) is 0 Å². The Hall–Kier alpha value is -2.48. The Morgan fingerprint density at radius 1 is 0.767 bits per heavy atom. The van der Waals surface area contributed by atoms with Crippen molar-refractivity contribution < 1.29 is 0 Å². The number of rotatable bonds is 13. The molecule has 0 heterocycles. The zero-order valence-corrected chi connectivity index (χ0v) is 20.8. The highest BCUT2D eigenvalue weighted by Crippen LogP contribution is 2.27. The van der Waals surface area contributed by atoms with Crippen LogP contribution in [0.1, 0.15) is 68.2 Å². The predicted octanol–water partition coefficient (Wildman–Crippen LogP) is 8.29. The summed E-state index contributed by atoms with van der Waals surface area (Å²) in [6.07, 6.45) is 19.0. The zero-order valence-electron chi connectivity index (χ0n) is 20.8. The first-order valence-electron chi connectivity index (χ1n) is 11.1. The fraction of sp³-hybridized carbons (Fsp3) is 0.429. The van der Waals surface area contributed by atoms with Crippen LogP contribution in [0.25, 0.3) is 0 Å². The second-order valence-electron chi connectivity index (χ2n) is 7.26. The van der Waals surface area contributed by atoms with Gasteiger partial charge in [0.2, 0.25) is 0 Å². The molecule has 2 nitrogen and oxygen atoms in total. The molecule has 0 aliphatic carbocycles. The molecule has 2 heteroatoms. The van der Waals surface area contributed by atoms with E-state index in [9.17, 15) is 0 Å². The van der Waals surface area contributed by atoms with Crippen LogP contribution in [0.3, 0.4) is 0 Å². The summed E-state index contributed by atoms with van der Waals surface area (Å²) in [6.45, 7) is 26.6. The molecule has 0 N–H and O–H groups in total. The lowest BCUT2D eigenvalue weighted by molar-refractivity contribution is 0.0643. The Morgan fingerprint density at radius 2 is 1.40 bits per heavy atom. The van der Waals surface area contributed by atoms with Gasteiger partial charge >= 0.3 is 0 Å². The standard InChI is InChI=1S/C28H44N2/c1-11-19-25(15-5)21-30(28(18-8)24(10)14-4)29(27(17-7)20-12-2)22-26(16-6)23(9)13-3/h11,13-19H,1,5,12,20-22H2,2-4,6-10H3/b23-13-,24-14-,25-19+,26-16-,27-17+,28-18+. The fourth-order valence-corrected chi connectivity index (χ4v) is 3.35. The summed E-state index contributed by atoms with van der Waals surface area (Å²) >= 11 is 0. The van der Waals surface area contributed by atoms with Crippen molar-refractivity contribution in [2.75, 3.05) is 13.1 Å². The third kappa shape index (κ3) is 8.10. The van der Waals surface area contributed by atoms with E-state index in [-0.39, 0.29) is 0 Å². The Labute approximate surface area is 187 Å². The molecule has 30 heavy (non-hydrogen) atoms. The summed E-state index contributed by atoms with van der Waals surface area (Å²) in [5.74, 6) is 0. The molecule has 0 aromatic rings. The average molecular weight is 409 g/mol. The number of hydrogen-bond donors (Lipinski definition) is 0. The summed E-state index contributed by atoms with van der Waals surface area (Å²) in [5.41, 5.74) is 7.56. The lowest BCUT2D eigenvalue weighted by Gasteiger charge is -2.42. The highest BCUT2D eigenvalue weighted by molar-refractivity contribution is 5.34. The highest BCUT2D eigenvalue weighted by atomic mass is 15.6. The van der Waals surface area contributed by atoms with Crippen molar-refractivity contribution >= 4 is 0 Å². The van der Waals surface area contributed by atoms with Crippen LogP contribution in [-0.4, -0.2) is 23.1 Å². The van der Waals surface area contributed by atoms with Gasteiger partial charge in [-0.25, -0.2) is 0 Å². The topological polar surface area (TPSA) is 6.48 Å². The molecule has 0 aliphatic rings. The third-order valence-corrected chi connectivity index (χ3v) is 5.39. The SMILES string of the molecule is C=C/C=C(\C=C)CN(C(=C/C)/C(C)=C\C)N(CC(=C/C)/C(C)=C\C)/C(=C/C)CCC. The van der Waals surface area contributed by atoms with Gasteiger partial charge in [0, 0.05) is 5.70 Å². The van der Waals surface area contributed by atoms with E-state index in [1.807, 2.05) is 18.2 Å². The molecule has 0 spiro atoms. The van der Waals surface area contributed by atoms with Gasteiger partial charge in [-0.1, -0.05) is 80.7 Å². The van der Waals surface area contributed by atoms with E-state index in [1.165, 1.54) is 28.1 Å². The number of hydrazine groups is 1. The third-order valence-electron chi connectivity index (χ3n) is 5.39. The number of allylic oxidation sites excluding steroid dienone is 9. The molecule has 166 valence electrons. The van der Waals surface area contributed by atoms with Crippen molar-refractivity contribution in [1.29, 1.82) is 0 Å². The largest absolute Gasteiger partial charge is 0.285 e. The minimum atomic E-state index is 0.729. The molecule has 0 aromatic carbocycles. The van der Waals surface area contributed by atoms with Crippen LogP contribution in [0.2, 0.25) is 0 Å². The van der Waals surface area contributed by atoms with Crippen LogP contribution in [0, 0.1) is 0 Å². The first-order chi connectivity index (χ1) is 14.4. The first kappa shape index (κ1) is 27.5. The Bertz CT molecular complexity index is 739. The normalized spacial score (nSPS) is 14.7. The maximum absolute atomic E-state index is 4.03. The summed E-state index contributed by atoms with van der Waals surface area (Å²) < 4.78 is 0. The van der Waals surface area contributed by atoms with Gasteiger partial charge in [0.25, 0.3) is 0 Å². The van der Waals surface area contributed by atoms with Gasteiger partial charge in [0.05, 0.1) is 18.8 Å². The summed E-state index contributed by atoms with van der Waals surface area (Å²) in [6, 6.07) is 0. The van der Waals surface area contributed by atoms with Crippen LogP contribution >= 0.6 is 0 Å². The second-order valence-corrected chi connectivity index (χ2v) is 7.26. The van der Waals surface area contributed by atoms with E-state index in [1.54, 1.807) is 0 Å². The molecule has 0 radical (unpaired) electrons. The van der Waals surface area contributed by atoms with E-state index in [0.29, 0.717) is 0 Å². The Kier molecular flexibility index (Phi) is 14.1. The van der Waals surface area contributed by atoms with Gasteiger partial charge in [-0.15, -0.1) is 0 Å². The lowest BCUT2D eigenvalue weighted by atomic mass is 10.1. The van der Waals surface area contributed by atoms with E-state index in [4.69, 9.17) is 0 Å². The van der Waals surface area contributed by atoms with Crippen LogP contribution in [-0.2, 0) is 0 Å². The minimum Gasteiger partial charge on any atom is -0.285 e. The smallest absolute Gasteiger partial charge is 0.0646 e. The maximum Gasteiger partial charge on any atom is 0.0646 e. The van der Waals surface area contributed by atoms with Crippen LogP contribution < -0.4 is 0 Å². The average Bonchev–Trinajstić information content (AvgIpc) is 2.77. The second kappa shape index (κ2) is 15.4. The quantitative estimate of drug-likeness (QED) is 0.223. The molecule has 0 saturated carbocycles. The maximum atomic E-state index is 4.03. The molecule has 0 fully saturated rings. The molecule has 0 aliphatic heterocycles. The molecule has 0 bridgehead atoms. The van der Waals surface area contributed by atoms with Gasteiger partial charge in [-0.2, -0.15) is 0 Å².